The van der Waals surface area contributed by atoms with Crippen LogP contribution in [0.5, 0.6) is 5.75 Å². The lowest BCUT2D eigenvalue weighted by Crippen LogP contribution is -2.43. The van der Waals surface area contributed by atoms with E-state index in [1.165, 1.54) is 30.5 Å². The summed E-state index contributed by atoms with van der Waals surface area (Å²) in [4.78, 5) is 29.2. The number of aromatic nitrogens is 1. The molecule has 0 N–H and O–H groups in total. The first kappa shape index (κ1) is 23.8. The summed E-state index contributed by atoms with van der Waals surface area (Å²) in [6.07, 6.45) is 0.338. The molecule has 0 fully saturated rings. The Morgan fingerprint density at radius 3 is 2.42 bits per heavy atom. The van der Waals surface area contributed by atoms with Crippen molar-refractivity contribution in [1.29, 1.82) is 5.26 Å². The maximum absolute atomic E-state index is 12.7. The summed E-state index contributed by atoms with van der Waals surface area (Å²) >= 11 is 0. The van der Waals surface area contributed by atoms with Gasteiger partial charge in [0.1, 0.15) is 4.90 Å². The topological polar surface area (TPSA) is 133 Å². The largest absolute Gasteiger partial charge is 0.468 e. The molecule has 0 saturated carbocycles. The lowest BCUT2D eigenvalue weighted by atomic mass is 9.80. The molecule has 0 spiro atoms. The zero-order valence-electron chi connectivity index (χ0n) is 17.3. The Balaban J connectivity index is 2.49. The van der Waals surface area contributed by atoms with E-state index >= 15 is 0 Å². The van der Waals surface area contributed by atoms with Gasteiger partial charge in [-0.25, -0.2) is 0 Å². The molecule has 31 heavy (non-hydrogen) atoms. The maximum Gasteiger partial charge on any atom is 0.339 e. The number of pyridine rings is 1. The molecule has 9 nitrogen and oxygen atoms in total. The van der Waals surface area contributed by atoms with E-state index in [-0.39, 0.29) is 22.9 Å². The molecule has 0 bridgehead atoms. The van der Waals surface area contributed by atoms with E-state index in [1.807, 2.05) is 6.92 Å². The Bertz CT molecular complexity index is 1090. The van der Waals surface area contributed by atoms with Gasteiger partial charge in [0.05, 0.1) is 31.9 Å². The van der Waals surface area contributed by atoms with Crippen molar-refractivity contribution < 1.29 is 31.7 Å². The van der Waals surface area contributed by atoms with Gasteiger partial charge >= 0.3 is 22.1 Å². The molecular formula is C21H22N2O7S. The number of carbonyl (C=O) groups is 2. The summed E-state index contributed by atoms with van der Waals surface area (Å²) in [6, 6.07) is 10.6. The van der Waals surface area contributed by atoms with Crippen molar-refractivity contribution in [3.63, 3.8) is 0 Å². The maximum atomic E-state index is 12.7. The molecule has 164 valence electrons. The lowest BCUT2D eigenvalue weighted by Gasteiger charge is -2.26. The number of ether oxygens (including phenoxy) is 2. The number of carbonyl (C=O) groups excluding carboxylic acids is 2. The van der Waals surface area contributed by atoms with E-state index < -0.39 is 40.3 Å². The molecule has 1 unspecified atom stereocenters. The number of methoxy groups -OCH3 is 1. The van der Waals surface area contributed by atoms with Crippen molar-refractivity contribution in [2.45, 2.75) is 31.6 Å². The Morgan fingerprint density at radius 2 is 1.84 bits per heavy atom. The Hall–Kier alpha value is -3.45. The van der Waals surface area contributed by atoms with Crippen LogP contribution in [0.1, 0.15) is 24.6 Å². The predicted molar refractivity (Wildman–Crippen MR) is 108 cm³/mol. The van der Waals surface area contributed by atoms with Gasteiger partial charge in [-0.2, -0.15) is 13.7 Å². The second-order valence-corrected chi connectivity index (χ2v) is 8.15. The van der Waals surface area contributed by atoms with Gasteiger partial charge < -0.3 is 13.7 Å². The average molecular weight is 446 g/mol. The minimum absolute atomic E-state index is 0.0214. The number of nitrogens with zero attached hydrogens (tertiary/aromatic N) is 2. The van der Waals surface area contributed by atoms with Crippen molar-refractivity contribution in [3.05, 3.63) is 53.9 Å². The Kier molecular flexibility index (Phi) is 7.72. The number of aryl methyl sites for hydroxylation is 1. The van der Waals surface area contributed by atoms with E-state index in [0.717, 1.165) is 12.7 Å². The third-order valence-electron chi connectivity index (χ3n) is 4.45. The number of hydrogen-bond acceptors (Lipinski definition) is 9. The standard InChI is InChI=1S/C21H22N2O7S/c1-4-29-20(25)21(11-12-22,19(24)28-3)14-17-18(6-5-13-23-17)30-31(26,27)16-9-7-15(2)8-10-16/h5-10,13H,4,11,14H2,1-3H3. The highest BCUT2D eigenvalue weighted by Crippen LogP contribution is 2.34. The predicted octanol–water partition coefficient (Wildman–Crippen LogP) is 2.34. The minimum atomic E-state index is -4.21. The highest BCUT2D eigenvalue weighted by molar-refractivity contribution is 7.87. The van der Waals surface area contributed by atoms with E-state index in [4.69, 9.17) is 13.7 Å². The third-order valence-corrected chi connectivity index (χ3v) is 5.70. The summed E-state index contributed by atoms with van der Waals surface area (Å²) in [7, 11) is -3.14. The fourth-order valence-electron chi connectivity index (χ4n) is 2.82. The first-order valence-electron chi connectivity index (χ1n) is 9.28. The van der Waals surface area contributed by atoms with Crippen LogP contribution >= 0.6 is 0 Å². The molecule has 0 aliphatic rings. The molecule has 0 saturated heterocycles. The van der Waals surface area contributed by atoms with Crippen molar-refractivity contribution in [2.75, 3.05) is 13.7 Å². The molecule has 0 aliphatic carbocycles. The van der Waals surface area contributed by atoms with Gasteiger partial charge in [0.25, 0.3) is 0 Å². The summed E-state index contributed by atoms with van der Waals surface area (Å²) < 4.78 is 40.4. The van der Waals surface area contributed by atoms with Crippen LogP contribution in [0, 0.1) is 23.7 Å². The van der Waals surface area contributed by atoms with Gasteiger partial charge in [0.15, 0.2) is 11.2 Å². The molecule has 2 aromatic rings. The van der Waals surface area contributed by atoms with Crippen LogP contribution in [0.15, 0.2) is 47.5 Å². The molecule has 1 aromatic heterocycles. The van der Waals surface area contributed by atoms with Crippen LogP contribution < -0.4 is 4.18 Å². The SMILES string of the molecule is CCOC(=O)C(CC#N)(Cc1ncccc1OS(=O)(=O)c1ccc(C)cc1)C(=O)OC. The van der Waals surface area contributed by atoms with Gasteiger partial charge in [-0.05, 0) is 38.1 Å². The average Bonchev–Trinajstić information content (AvgIpc) is 2.74. The lowest BCUT2D eigenvalue weighted by molar-refractivity contribution is -0.170. The van der Waals surface area contributed by atoms with Gasteiger partial charge in [-0.1, -0.05) is 17.7 Å². The molecule has 0 radical (unpaired) electrons. The number of esters is 2. The zero-order chi connectivity index (χ0) is 23.1. The Morgan fingerprint density at radius 1 is 1.16 bits per heavy atom. The van der Waals surface area contributed by atoms with E-state index in [1.54, 1.807) is 25.1 Å². The molecule has 0 amide bonds. The third kappa shape index (κ3) is 5.38. The summed E-state index contributed by atoms with van der Waals surface area (Å²) in [5, 5.41) is 9.26. The highest BCUT2D eigenvalue weighted by atomic mass is 32.2. The first-order valence-corrected chi connectivity index (χ1v) is 10.7. The number of rotatable bonds is 9. The molecular weight excluding hydrogens is 424 g/mol. The highest BCUT2D eigenvalue weighted by Gasteiger charge is 2.50. The van der Waals surface area contributed by atoms with Crippen LogP contribution in [0.3, 0.4) is 0 Å². The van der Waals surface area contributed by atoms with Crippen LogP contribution in [0.25, 0.3) is 0 Å². The first-order chi connectivity index (χ1) is 14.7. The van der Waals surface area contributed by atoms with Crippen LogP contribution in [-0.2, 0) is 35.6 Å². The number of hydrogen-bond donors (Lipinski definition) is 0. The van der Waals surface area contributed by atoms with Gasteiger partial charge in [-0.15, -0.1) is 0 Å². The quantitative estimate of drug-likeness (QED) is 0.323. The van der Waals surface area contributed by atoms with Crippen molar-refractivity contribution in [1.82, 2.24) is 4.98 Å². The summed E-state index contributed by atoms with van der Waals surface area (Å²) in [6.45, 7) is 3.33. The summed E-state index contributed by atoms with van der Waals surface area (Å²) in [5.41, 5.74) is -1.18. The number of nitriles is 1. The fourth-order valence-corrected chi connectivity index (χ4v) is 3.78. The molecule has 1 aromatic carbocycles. The van der Waals surface area contributed by atoms with E-state index in [9.17, 15) is 23.3 Å². The molecule has 1 atom stereocenters. The summed E-state index contributed by atoms with van der Waals surface area (Å²) in [5.74, 6) is -2.15. The second kappa shape index (κ2) is 10.0. The van der Waals surface area contributed by atoms with Crippen LogP contribution in [-0.4, -0.2) is 39.1 Å². The normalized spacial score (nSPS) is 12.8. The molecule has 1 heterocycles. The second-order valence-electron chi connectivity index (χ2n) is 6.60. The number of benzene rings is 1. The Labute approximate surface area is 180 Å². The smallest absolute Gasteiger partial charge is 0.339 e. The fraction of sp³-hybridized carbons (Fsp3) is 0.333. The van der Waals surface area contributed by atoms with Crippen LogP contribution in [0.2, 0.25) is 0 Å². The van der Waals surface area contributed by atoms with Crippen molar-refractivity contribution >= 4 is 22.1 Å². The molecule has 10 heteroatoms. The van der Waals surface area contributed by atoms with Crippen molar-refractivity contribution in [3.8, 4) is 11.8 Å². The molecule has 2 rings (SSSR count). The monoisotopic (exact) mass is 446 g/mol. The van der Waals surface area contributed by atoms with Crippen molar-refractivity contribution in [2.24, 2.45) is 5.41 Å². The van der Waals surface area contributed by atoms with Gasteiger partial charge in [0.2, 0.25) is 0 Å². The molecule has 0 aliphatic heterocycles. The minimum Gasteiger partial charge on any atom is -0.468 e. The van der Waals surface area contributed by atoms with E-state index in [0.29, 0.717) is 0 Å². The zero-order valence-corrected chi connectivity index (χ0v) is 18.1. The van der Waals surface area contributed by atoms with Gasteiger partial charge in [-0.3, -0.25) is 14.6 Å². The van der Waals surface area contributed by atoms with E-state index in [2.05, 4.69) is 4.98 Å². The van der Waals surface area contributed by atoms with Crippen LogP contribution in [0.4, 0.5) is 0 Å². The van der Waals surface area contributed by atoms with Gasteiger partial charge in [0, 0.05) is 12.6 Å².